The number of amides is 1. The molecule has 0 atom stereocenters. The summed E-state index contributed by atoms with van der Waals surface area (Å²) in [5.74, 6) is 0.577. The van der Waals surface area contributed by atoms with Crippen LogP contribution in [0.4, 0.5) is 10.3 Å². The standard InChI is InChI=1S/C13H13FN2O2S/c1-9-8-13(18-16-9)15-12(17)6-7-19-11-4-2-10(14)3-5-11/h2-5,8H,6-7H2,1H3,(H,15,17). The summed E-state index contributed by atoms with van der Waals surface area (Å²) < 4.78 is 17.6. The van der Waals surface area contributed by atoms with E-state index in [0.717, 1.165) is 10.6 Å². The van der Waals surface area contributed by atoms with Gasteiger partial charge < -0.3 is 4.52 Å². The number of nitrogens with one attached hydrogen (secondary N) is 1. The maximum Gasteiger partial charge on any atom is 0.231 e. The molecule has 2 rings (SSSR count). The van der Waals surface area contributed by atoms with Crippen LogP contribution < -0.4 is 5.32 Å². The van der Waals surface area contributed by atoms with Crippen molar-refractivity contribution >= 4 is 23.6 Å². The van der Waals surface area contributed by atoms with E-state index in [1.54, 1.807) is 25.1 Å². The number of thioether (sulfide) groups is 1. The summed E-state index contributed by atoms with van der Waals surface area (Å²) in [5.41, 5.74) is 0.719. The minimum absolute atomic E-state index is 0.134. The van der Waals surface area contributed by atoms with Gasteiger partial charge in [0.05, 0.1) is 5.69 Å². The molecule has 0 saturated carbocycles. The van der Waals surface area contributed by atoms with Gasteiger partial charge in [0.15, 0.2) is 0 Å². The van der Waals surface area contributed by atoms with Crippen LogP contribution in [0, 0.1) is 12.7 Å². The van der Waals surface area contributed by atoms with Crippen LogP contribution in [0.3, 0.4) is 0 Å². The molecular weight excluding hydrogens is 267 g/mol. The number of anilines is 1. The molecular formula is C13H13FN2O2S. The van der Waals surface area contributed by atoms with E-state index < -0.39 is 0 Å². The van der Waals surface area contributed by atoms with Crippen molar-refractivity contribution in [3.05, 3.63) is 41.8 Å². The molecule has 1 aromatic carbocycles. The third-order valence-corrected chi connectivity index (χ3v) is 3.32. The molecule has 0 aliphatic carbocycles. The highest BCUT2D eigenvalue weighted by atomic mass is 32.2. The van der Waals surface area contributed by atoms with Crippen LogP contribution in [0.15, 0.2) is 39.8 Å². The summed E-state index contributed by atoms with van der Waals surface area (Å²) >= 11 is 1.50. The third kappa shape index (κ3) is 4.40. The first-order valence-electron chi connectivity index (χ1n) is 5.75. The Morgan fingerprint density at radius 3 is 2.79 bits per heavy atom. The van der Waals surface area contributed by atoms with Crippen molar-refractivity contribution in [3.63, 3.8) is 0 Å². The van der Waals surface area contributed by atoms with Gasteiger partial charge in [-0.3, -0.25) is 10.1 Å². The van der Waals surface area contributed by atoms with Crippen molar-refractivity contribution < 1.29 is 13.7 Å². The van der Waals surface area contributed by atoms with E-state index in [2.05, 4.69) is 10.5 Å². The summed E-state index contributed by atoms with van der Waals surface area (Å²) in [6, 6.07) is 7.85. The topological polar surface area (TPSA) is 55.1 Å². The Bertz CT molecular complexity index is 554. The minimum atomic E-state index is -0.261. The lowest BCUT2D eigenvalue weighted by molar-refractivity contribution is -0.115. The summed E-state index contributed by atoms with van der Waals surface area (Å²) in [7, 11) is 0. The van der Waals surface area contributed by atoms with Crippen LogP contribution in [-0.4, -0.2) is 16.8 Å². The predicted molar refractivity (Wildman–Crippen MR) is 71.6 cm³/mol. The first-order chi connectivity index (χ1) is 9.13. The minimum Gasteiger partial charge on any atom is -0.338 e. The lowest BCUT2D eigenvalue weighted by atomic mass is 10.4. The first-order valence-corrected chi connectivity index (χ1v) is 6.73. The van der Waals surface area contributed by atoms with Crippen molar-refractivity contribution in [3.8, 4) is 0 Å². The molecule has 0 unspecified atom stereocenters. The van der Waals surface area contributed by atoms with Gasteiger partial charge in [0.2, 0.25) is 11.8 Å². The van der Waals surface area contributed by atoms with Crippen molar-refractivity contribution in [2.45, 2.75) is 18.2 Å². The largest absolute Gasteiger partial charge is 0.338 e. The predicted octanol–water partition coefficient (Wildman–Crippen LogP) is 3.24. The van der Waals surface area contributed by atoms with Crippen molar-refractivity contribution in [2.24, 2.45) is 0 Å². The second-order valence-corrected chi connectivity index (χ2v) is 5.10. The van der Waals surface area contributed by atoms with Crippen LogP contribution in [0.2, 0.25) is 0 Å². The number of aromatic nitrogens is 1. The number of halogens is 1. The number of carbonyl (C=O) groups is 1. The summed E-state index contributed by atoms with van der Waals surface area (Å²) in [4.78, 5) is 12.5. The van der Waals surface area contributed by atoms with E-state index in [1.807, 2.05) is 0 Å². The summed E-state index contributed by atoms with van der Waals surface area (Å²) in [6.07, 6.45) is 0.349. The molecule has 1 heterocycles. The van der Waals surface area contributed by atoms with Crippen LogP contribution in [0.5, 0.6) is 0 Å². The monoisotopic (exact) mass is 280 g/mol. The van der Waals surface area contributed by atoms with Gasteiger partial charge >= 0.3 is 0 Å². The molecule has 6 heteroatoms. The van der Waals surface area contributed by atoms with Crippen LogP contribution in [0.1, 0.15) is 12.1 Å². The van der Waals surface area contributed by atoms with Crippen LogP contribution in [0.25, 0.3) is 0 Å². The molecule has 19 heavy (non-hydrogen) atoms. The van der Waals surface area contributed by atoms with Gasteiger partial charge in [0.25, 0.3) is 0 Å². The lowest BCUT2D eigenvalue weighted by Gasteiger charge is -2.02. The highest BCUT2D eigenvalue weighted by Gasteiger charge is 2.06. The van der Waals surface area contributed by atoms with E-state index in [-0.39, 0.29) is 11.7 Å². The lowest BCUT2D eigenvalue weighted by Crippen LogP contribution is -2.11. The Morgan fingerprint density at radius 1 is 1.42 bits per heavy atom. The molecule has 0 aliphatic heterocycles. The van der Waals surface area contributed by atoms with Crippen molar-refractivity contribution in [1.82, 2.24) is 5.16 Å². The van der Waals surface area contributed by atoms with Crippen LogP contribution >= 0.6 is 11.8 Å². The molecule has 0 aliphatic rings. The number of hydrogen-bond donors (Lipinski definition) is 1. The summed E-state index contributed by atoms with van der Waals surface area (Å²) in [6.45, 7) is 1.78. The number of benzene rings is 1. The second-order valence-electron chi connectivity index (χ2n) is 3.93. The Hall–Kier alpha value is -1.82. The average molecular weight is 280 g/mol. The Balaban J connectivity index is 1.73. The van der Waals surface area contributed by atoms with E-state index in [9.17, 15) is 9.18 Å². The zero-order valence-electron chi connectivity index (χ0n) is 10.4. The number of aryl methyl sites for hydroxylation is 1. The Kier molecular flexibility index (Phi) is 4.57. The molecule has 0 radical (unpaired) electrons. The van der Waals surface area contributed by atoms with Gasteiger partial charge in [-0.1, -0.05) is 5.16 Å². The molecule has 1 amide bonds. The quantitative estimate of drug-likeness (QED) is 0.854. The molecule has 1 aromatic heterocycles. The van der Waals surface area contributed by atoms with E-state index in [0.29, 0.717) is 18.1 Å². The third-order valence-electron chi connectivity index (χ3n) is 2.30. The van der Waals surface area contributed by atoms with Crippen LogP contribution in [-0.2, 0) is 4.79 Å². The maximum atomic E-state index is 12.7. The van der Waals surface area contributed by atoms with Crippen molar-refractivity contribution in [1.29, 1.82) is 0 Å². The molecule has 0 bridgehead atoms. The van der Waals surface area contributed by atoms with E-state index in [4.69, 9.17) is 4.52 Å². The normalized spacial score (nSPS) is 10.4. The van der Waals surface area contributed by atoms with Gasteiger partial charge in [0, 0.05) is 23.1 Å². The number of nitrogens with zero attached hydrogens (tertiary/aromatic N) is 1. The maximum absolute atomic E-state index is 12.7. The molecule has 100 valence electrons. The van der Waals surface area contributed by atoms with Gasteiger partial charge in [-0.15, -0.1) is 11.8 Å². The number of rotatable bonds is 5. The molecule has 1 N–H and O–H groups in total. The second kappa shape index (κ2) is 6.38. The number of hydrogen-bond acceptors (Lipinski definition) is 4. The fourth-order valence-corrected chi connectivity index (χ4v) is 2.27. The highest BCUT2D eigenvalue weighted by Crippen LogP contribution is 2.19. The fraction of sp³-hybridized carbons (Fsp3) is 0.231. The molecule has 0 fully saturated rings. The summed E-state index contributed by atoms with van der Waals surface area (Å²) in [5, 5.41) is 6.29. The van der Waals surface area contributed by atoms with Gasteiger partial charge in [-0.2, -0.15) is 0 Å². The highest BCUT2D eigenvalue weighted by molar-refractivity contribution is 7.99. The average Bonchev–Trinajstić information content (AvgIpc) is 2.77. The molecule has 2 aromatic rings. The van der Waals surface area contributed by atoms with Gasteiger partial charge in [0.1, 0.15) is 5.82 Å². The molecule has 0 spiro atoms. The zero-order chi connectivity index (χ0) is 13.7. The molecule has 4 nitrogen and oxygen atoms in total. The molecule has 0 saturated heterocycles. The first kappa shape index (κ1) is 13.6. The fourth-order valence-electron chi connectivity index (χ4n) is 1.41. The number of carbonyl (C=O) groups excluding carboxylic acids is 1. The van der Waals surface area contributed by atoms with Gasteiger partial charge in [-0.05, 0) is 31.2 Å². The van der Waals surface area contributed by atoms with Gasteiger partial charge in [-0.25, -0.2) is 4.39 Å². The van der Waals surface area contributed by atoms with E-state index >= 15 is 0 Å². The van der Waals surface area contributed by atoms with Crippen molar-refractivity contribution in [2.75, 3.05) is 11.1 Å². The Morgan fingerprint density at radius 2 is 2.16 bits per heavy atom. The SMILES string of the molecule is Cc1cc(NC(=O)CCSc2ccc(F)cc2)on1. The Labute approximate surface area is 114 Å². The van der Waals surface area contributed by atoms with E-state index in [1.165, 1.54) is 23.9 Å². The zero-order valence-corrected chi connectivity index (χ0v) is 11.2. The smallest absolute Gasteiger partial charge is 0.231 e.